The number of rotatable bonds is 6. The SMILES string of the molecule is CC(C)(C)OC(=O)NC(Cc1cccc2ccccc12)C(=O)NCc1ccc2c(N)nccc2c1. The highest BCUT2D eigenvalue weighted by Gasteiger charge is 2.25. The van der Waals surface area contributed by atoms with Gasteiger partial charge in [-0.25, -0.2) is 9.78 Å². The number of fused-ring (bicyclic) bond motifs is 2. The Morgan fingerprint density at radius 3 is 2.54 bits per heavy atom. The van der Waals surface area contributed by atoms with Gasteiger partial charge in [0.15, 0.2) is 0 Å². The van der Waals surface area contributed by atoms with Crippen molar-refractivity contribution < 1.29 is 14.3 Å². The van der Waals surface area contributed by atoms with Gasteiger partial charge in [-0.15, -0.1) is 0 Å². The van der Waals surface area contributed by atoms with Crippen LogP contribution in [0, 0.1) is 0 Å². The normalized spacial score (nSPS) is 12.3. The molecule has 0 aliphatic rings. The van der Waals surface area contributed by atoms with E-state index in [0.29, 0.717) is 18.8 Å². The van der Waals surface area contributed by atoms with E-state index in [1.807, 2.05) is 66.7 Å². The fourth-order valence-corrected chi connectivity index (χ4v) is 4.02. The van der Waals surface area contributed by atoms with E-state index in [-0.39, 0.29) is 5.91 Å². The zero-order valence-corrected chi connectivity index (χ0v) is 20.2. The first kappa shape index (κ1) is 24.0. The van der Waals surface area contributed by atoms with Crippen molar-refractivity contribution in [1.82, 2.24) is 15.6 Å². The van der Waals surface area contributed by atoms with E-state index in [1.54, 1.807) is 27.0 Å². The molecule has 0 aliphatic carbocycles. The molecule has 0 spiro atoms. The van der Waals surface area contributed by atoms with Gasteiger partial charge in [0.2, 0.25) is 5.91 Å². The van der Waals surface area contributed by atoms with Gasteiger partial charge in [0.25, 0.3) is 0 Å². The van der Waals surface area contributed by atoms with Crippen molar-refractivity contribution in [2.24, 2.45) is 0 Å². The number of carbonyl (C=O) groups is 2. The van der Waals surface area contributed by atoms with Crippen LogP contribution in [0.15, 0.2) is 72.9 Å². The first-order valence-electron chi connectivity index (χ1n) is 11.6. The van der Waals surface area contributed by atoms with Crippen LogP contribution >= 0.6 is 0 Å². The smallest absolute Gasteiger partial charge is 0.408 e. The molecule has 1 unspecified atom stereocenters. The van der Waals surface area contributed by atoms with Crippen molar-refractivity contribution in [2.75, 3.05) is 5.73 Å². The number of aromatic nitrogens is 1. The fraction of sp³-hybridized carbons (Fsp3) is 0.250. The van der Waals surface area contributed by atoms with Crippen molar-refractivity contribution in [3.05, 3.63) is 84.1 Å². The second-order valence-corrected chi connectivity index (χ2v) is 9.51. The number of alkyl carbamates (subject to hydrolysis) is 1. The minimum Gasteiger partial charge on any atom is -0.444 e. The summed E-state index contributed by atoms with van der Waals surface area (Å²) >= 11 is 0. The molecule has 2 amide bonds. The van der Waals surface area contributed by atoms with Crippen LogP contribution in [0.3, 0.4) is 0 Å². The molecule has 0 bridgehead atoms. The van der Waals surface area contributed by atoms with Crippen LogP contribution < -0.4 is 16.4 Å². The molecule has 1 heterocycles. The summed E-state index contributed by atoms with van der Waals surface area (Å²) in [5.41, 5.74) is 7.14. The maximum Gasteiger partial charge on any atom is 0.408 e. The average molecular weight is 471 g/mol. The first-order chi connectivity index (χ1) is 16.7. The van der Waals surface area contributed by atoms with Crippen molar-refractivity contribution in [1.29, 1.82) is 0 Å². The molecule has 4 aromatic rings. The van der Waals surface area contributed by atoms with Crippen molar-refractivity contribution in [3.63, 3.8) is 0 Å². The number of benzene rings is 3. The van der Waals surface area contributed by atoms with Crippen molar-refractivity contribution >= 4 is 39.4 Å². The van der Waals surface area contributed by atoms with Gasteiger partial charge in [0.1, 0.15) is 17.5 Å². The predicted molar refractivity (Wildman–Crippen MR) is 139 cm³/mol. The second-order valence-electron chi connectivity index (χ2n) is 9.51. The van der Waals surface area contributed by atoms with E-state index in [1.165, 1.54) is 0 Å². The van der Waals surface area contributed by atoms with Crippen LogP contribution in [0.25, 0.3) is 21.5 Å². The Morgan fingerprint density at radius 2 is 1.74 bits per heavy atom. The van der Waals surface area contributed by atoms with Crippen molar-refractivity contribution in [3.8, 4) is 0 Å². The highest BCUT2D eigenvalue weighted by Crippen LogP contribution is 2.21. The van der Waals surface area contributed by atoms with Gasteiger partial charge >= 0.3 is 6.09 Å². The Morgan fingerprint density at radius 1 is 0.971 bits per heavy atom. The largest absolute Gasteiger partial charge is 0.444 e. The molecule has 35 heavy (non-hydrogen) atoms. The average Bonchev–Trinajstić information content (AvgIpc) is 2.81. The summed E-state index contributed by atoms with van der Waals surface area (Å²) in [7, 11) is 0. The lowest BCUT2D eigenvalue weighted by Gasteiger charge is -2.24. The molecular formula is C28H30N4O3. The van der Waals surface area contributed by atoms with Gasteiger partial charge < -0.3 is 21.1 Å². The Balaban J connectivity index is 1.53. The number of nitrogens with zero attached hydrogens (tertiary/aromatic N) is 1. The van der Waals surface area contributed by atoms with Crippen LogP contribution in [0.1, 0.15) is 31.9 Å². The van der Waals surface area contributed by atoms with E-state index in [2.05, 4.69) is 15.6 Å². The molecule has 4 N–H and O–H groups in total. The summed E-state index contributed by atoms with van der Waals surface area (Å²) in [5.74, 6) is 0.174. The van der Waals surface area contributed by atoms with E-state index in [9.17, 15) is 9.59 Å². The zero-order valence-electron chi connectivity index (χ0n) is 20.2. The van der Waals surface area contributed by atoms with Crippen molar-refractivity contribution in [2.45, 2.75) is 45.4 Å². The van der Waals surface area contributed by atoms with Gasteiger partial charge in [-0.05, 0) is 60.2 Å². The molecule has 7 nitrogen and oxygen atoms in total. The Hall–Kier alpha value is -4.13. The molecule has 0 aliphatic heterocycles. The van der Waals surface area contributed by atoms with Crippen LogP contribution in [0.4, 0.5) is 10.6 Å². The summed E-state index contributed by atoms with van der Waals surface area (Å²) < 4.78 is 5.42. The fourth-order valence-electron chi connectivity index (χ4n) is 4.02. The lowest BCUT2D eigenvalue weighted by molar-refractivity contribution is -0.123. The summed E-state index contributed by atoms with van der Waals surface area (Å²) in [5, 5.41) is 9.65. The van der Waals surface area contributed by atoms with Gasteiger partial charge in [-0.2, -0.15) is 0 Å². The number of nitrogen functional groups attached to an aromatic ring is 1. The molecule has 0 saturated heterocycles. The number of nitrogens with two attached hydrogens (primary N) is 1. The lowest BCUT2D eigenvalue weighted by Crippen LogP contribution is -2.49. The van der Waals surface area contributed by atoms with Gasteiger partial charge in [-0.1, -0.05) is 54.6 Å². The van der Waals surface area contributed by atoms with E-state index in [4.69, 9.17) is 10.5 Å². The third-order valence-electron chi connectivity index (χ3n) is 5.64. The number of ether oxygens (including phenoxy) is 1. The molecule has 0 fully saturated rings. The van der Waals surface area contributed by atoms with E-state index >= 15 is 0 Å². The molecule has 4 rings (SSSR count). The Bertz CT molecular complexity index is 1370. The number of hydrogen-bond acceptors (Lipinski definition) is 5. The molecule has 7 heteroatoms. The molecule has 180 valence electrons. The summed E-state index contributed by atoms with van der Waals surface area (Å²) in [6, 6.07) is 20.8. The maximum absolute atomic E-state index is 13.3. The molecule has 0 radical (unpaired) electrons. The standard InChI is InChI=1S/C28H30N4O3/c1-28(2,3)35-27(34)32-24(16-20-9-6-8-19-7-4-5-10-22(19)20)26(33)31-17-18-11-12-23-21(15-18)13-14-30-25(23)29/h4-15,24H,16-17H2,1-3H3,(H2,29,30)(H,31,33)(H,32,34). The number of pyridine rings is 1. The highest BCUT2D eigenvalue weighted by molar-refractivity contribution is 5.92. The van der Waals surface area contributed by atoms with Gasteiger partial charge in [-0.3, -0.25) is 4.79 Å². The number of nitrogens with one attached hydrogen (secondary N) is 2. The topological polar surface area (TPSA) is 106 Å². The van der Waals surface area contributed by atoms with Gasteiger partial charge in [0.05, 0.1) is 0 Å². The van der Waals surface area contributed by atoms with Crippen LogP contribution in [0.5, 0.6) is 0 Å². The lowest BCUT2D eigenvalue weighted by atomic mass is 9.98. The third kappa shape index (κ3) is 6.06. The maximum atomic E-state index is 13.3. The molecule has 1 aromatic heterocycles. The van der Waals surface area contributed by atoms with Crippen LogP contribution in [0.2, 0.25) is 0 Å². The molecule has 0 saturated carbocycles. The van der Waals surface area contributed by atoms with E-state index in [0.717, 1.165) is 32.7 Å². The first-order valence-corrected chi connectivity index (χ1v) is 11.6. The van der Waals surface area contributed by atoms with E-state index < -0.39 is 17.7 Å². The zero-order chi connectivity index (χ0) is 25.0. The molecular weight excluding hydrogens is 440 g/mol. The molecule has 1 atom stereocenters. The van der Waals surface area contributed by atoms with Gasteiger partial charge in [0, 0.05) is 24.5 Å². The quantitative estimate of drug-likeness (QED) is 0.378. The van der Waals surface area contributed by atoms with Crippen LogP contribution in [-0.4, -0.2) is 28.6 Å². The minimum absolute atomic E-state index is 0.293. The Kier molecular flexibility index (Phi) is 6.87. The molecule has 3 aromatic carbocycles. The highest BCUT2D eigenvalue weighted by atomic mass is 16.6. The number of carbonyl (C=O) groups excluding carboxylic acids is 2. The number of hydrogen-bond donors (Lipinski definition) is 3. The minimum atomic E-state index is -0.809. The Labute approximate surface area is 204 Å². The third-order valence-corrected chi connectivity index (χ3v) is 5.64. The summed E-state index contributed by atoms with van der Waals surface area (Å²) in [6.45, 7) is 5.66. The second kappa shape index (κ2) is 10.0. The van der Waals surface area contributed by atoms with Crippen LogP contribution in [-0.2, 0) is 22.5 Å². The predicted octanol–water partition coefficient (Wildman–Crippen LogP) is 4.72. The summed E-state index contributed by atoms with van der Waals surface area (Å²) in [6.07, 6.45) is 1.35. The number of anilines is 1. The summed E-state index contributed by atoms with van der Waals surface area (Å²) in [4.78, 5) is 29.9. The number of amides is 2. The monoisotopic (exact) mass is 470 g/mol.